The Morgan fingerprint density at radius 1 is 0.649 bits per heavy atom. The highest BCUT2D eigenvalue weighted by molar-refractivity contribution is 7.85. The number of halogens is 3. The third-order valence-electron chi connectivity index (χ3n) is 5.59. The molecule has 4 aromatic rings. The van der Waals surface area contributed by atoms with Gasteiger partial charge in [0, 0.05) is 10.5 Å². The van der Waals surface area contributed by atoms with E-state index in [4.69, 9.17) is 17.2 Å². The molecule has 4 aromatic carbocycles. The van der Waals surface area contributed by atoms with E-state index in [9.17, 15) is 21.6 Å². The van der Waals surface area contributed by atoms with Crippen molar-refractivity contribution in [3.8, 4) is 22.3 Å². The zero-order valence-corrected chi connectivity index (χ0v) is 22.2. The van der Waals surface area contributed by atoms with Crippen LogP contribution in [0.3, 0.4) is 0 Å². The van der Waals surface area contributed by atoms with Crippen molar-refractivity contribution in [3.05, 3.63) is 108 Å². The number of benzene rings is 4. The quantitative estimate of drug-likeness (QED) is 0.201. The van der Waals surface area contributed by atoms with Crippen molar-refractivity contribution in [2.75, 3.05) is 0 Å². The second kappa shape index (κ2) is 11.1. The van der Waals surface area contributed by atoms with Gasteiger partial charge in [-0.05, 0) is 45.9 Å². The molecule has 0 saturated carbocycles. The topological polar surface area (TPSA) is 54.4 Å². The van der Waals surface area contributed by atoms with Crippen molar-refractivity contribution in [2.45, 2.75) is 42.2 Å². The molecule has 194 valence electrons. The summed E-state index contributed by atoms with van der Waals surface area (Å²) in [6.45, 7) is 6.80. The Labute approximate surface area is 221 Å². The molecule has 4 rings (SSSR count). The molecule has 0 saturated heterocycles. The standard InChI is InChI=1S/C22H22S.C7H5F3O3S/c1-22(2,3)18-14-15-19(23)21(17-12-8-5-9-13-17)20(18)16-10-6-4-7-11-16;8-7(9,10)5-3-1-2-4-6(5)14(11,12)13/h4-15,23H,1-3H3;1-4H,(H,11,12,13). The highest BCUT2D eigenvalue weighted by Gasteiger charge is 2.36. The van der Waals surface area contributed by atoms with Crippen LogP contribution >= 0.6 is 12.6 Å². The van der Waals surface area contributed by atoms with Gasteiger partial charge in [0.25, 0.3) is 10.1 Å². The lowest BCUT2D eigenvalue weighted by atomic mass is 9.79. The lowest BCUT2D eigenvalue weighted by molar-refractivity contribution is -0.140. The Kier molecular flexibility index (Phi) is 8.57. The molecule has 0 aliphatic rings. The van der Waals surface area contributed by atoms with Crippen LogP contribution in [0.4, 0.5) is 13.2 Å². The zero-order valence-electron chi connectivity index (χ0n) is 20.5. The second-order valence-electron chi connectivity index (χ2n) is 9.33. The highest BCUT2D eigenvalue weighted by atomic mass is 32.2. The van der Waals surface area contributed by atoms with Crippen LogP contribution in [0.2, 0.25) is 0 Å². The van der Waals surface area contributed by atoms with Crippen LogP contribution in [0.1, 0.15) is 31.9 Å². The molecular weight excluding hydrogens is 517 g/mol. The highest BCUT2D eigenvalue weighted by Crippen LogP contribution is 2.43. The monoisotopic (exact) mass is 544 g/mol. The number of rotatable bonds is 3. The largest absolute Gasteiger partial charge is 0.417 e. The van der Waals surface area contributed by atoms with Crippen molar-refractivity contribution in [2.24, 2.45) is 0 Å². The Balaban J connectivity index is 0.000000233. The Hall–Kier alpha value is -3.07. The first-order valence-electron chi connectivity index (χ1n) is 11.3. The molecule has 8 heteroatoms. The van der Waals surface area contributed by atoms with Gasteiger partial charge in [-0.25, -0.2) is 0 Å². The minimum atomic E-state index is -4.84. The summed E-state index contributed by atoms with van der Waals surface area (Å²) >= 11 is 4.77. The molecule has 0 fully saturated rings. The molecule has 0 aliphatic carbocycles. The van der Waals surface area contributed by atoms with Gasteiger partial charge in [0.2, 0.25) is 0 Å². The van der Waals surface area contributed by atoms with Crippen LogP contribution in [-0.2, 0) is 21.7 Å². The molecule has 0 spiro atoms. The lowest BCUT2D eigenvalue weighted by Gasteiger charge is -2.26. The molecule has 37 heavy (non-hydrogen) atoms. The summed E-state index contributed by atoms with van der Waals surface area (Å²) in [5.41, 5.74) is 5.00. The van der Waals surface area contributed by atoms with E-state index < -0.39 is 26.8 Å². The smallest absolute Gasteiger partial charge is 0.282 e. The SMILES string of the molecule is CC(C)(C)c1ccc(S)c(-c2ccccc2)c1-c1ccccc1.O=S(=O)(O)c1ccccc1C(F)(F)F. The number of thiol groups is 1. The van der Waals surface area contributed by atoms with Gasteiger partial charge in [0.05, 0.1) is 5.56 Å². The van der Waals surface area contributed by atoms with Crippen molar-refractivity contribution < 1.29 is 26.1 Å². The molecule has 0 unspecified atom stereocenters. The fourth-order valence-corrected chi connectivity index (χ4v) is 4.97. The molecule has 0 heterocycles. The molecule has 0 aliphatic heterocycles. The van der Waals surface area contributed by atoms with E-state index in [2.05, 4.69) is 93.6 Å². The van der Waals surface area contributed by atoms with E-state index in [0.29, 0.717) is 12.1 Å². The first kappa shape index (κ1) is 28.5. The van der Waals surface area contributed by atoms with E-state index in [0.717, 1.165) is 17.0 Å². The minimum absolute atomic E-state index is 0.0657. The Morgan fingerprint density at radius 2 is 1.11 bits per heavy atom. The van der Waals surface area contributed by atoms with Crippen LogP contribution in [0.25, 0.3) is 22.3 Å². The van der Waals surface area contributed by atoms with Crippen LogP contribution in [0.15, 0.2) is 107 Å². The van der Waals surface area contributed by atoms with Gasteiger partial charge in [-0.2, -0.15) is 21.6 Å². The normalized spacial score (nSPS) is 12.0. The summed E-state index contributed by atoms with van der Waals surface area (Å²) in [5, 5.41) is 0. The van der Waals surface area contributed by atoms with E-state index in [1.165, 1.54) is 27.8 Å². The van der Waals surface area contributed by atoms with E-state index in [1.54, 1.807) is 0 Å². The van der Waals surface area contributed by atoms with Gasteiger partial charge in [0.1, 0.15) is 4.90 Å². The summed E-state index contributed by atoms with van der Waals surface area (Å²) < 4.78 is 66.2. The lowest BCUT2D eigenvalue weighted by Crippen LogP contribution is -2.13. The van der Waals surface area contributed by atoms with Crippen LogP contribution in [-0.4, -0.2) is 13.0 Å². The maximum atomic E-state index is 12.2. The van der Waals surface area contributed by atoms with Crippen molar-refractivity contribution in [1.82, 2.24) is 0 Å². The van der Waals surface area contributed by atoms with Gasteiger partial charge in [0.15, 0.2) is 0 Å². The molecule has 0 atom stereocenters. The molecular formula is C29H27F3O3S2. The van der Waals surface area contributed by atoms with E-state index >= 15 is 0 Å². The maximum absolute atomic E-state index is 12.2. The predicted molar refractivity (Wildman–Crippen MR) is 145 cm³/mol. The minimum Gasteiger partial charge on any atom is -0.282 e. The number of alkyl halides is 3. The zero-order chi connectivity index (χ0) is 27.4. The van der Waals surface area contributed by atoms with Gasteiger partial charge >= 0.3 is 6.18 Å². The first-order chi connectivity index (χ1) is 17.2. The fourth-order valence-electron chi connectivity index (χ4n) is 3.94. The summed E-state index contributed by atoms with van der Waals surface area (Å²) in [6.07, 6.45) is -4.80. The predicted octanol–water partition coefficient (Wildman–Crippen LogP) is 8.56. The third-order valence-corrected chi connectivity index (χ3v) is 6.87. The van der Waals surface area contributed by atoms with Crippen LogP contribution in [0, 0.1) is 0 Å². The summed E-state index contributed by atoms with van der Waals surface area (Å²) in [5.74, 6) is 0. The average molecular weight is 545 g/mol. The van der Waals surface area contributed by atoms with E-state index in [-0.39, 0.29) is 5.41 Å². The van der Waals surface area contributed by atoms with Crippen LogP contribution in [0.5, 0.6) is 0 Å². The molecule has 0 bridgehead atoms. The third kappa shape index (κ3) is 7.03. The van der Waals surface area contributed by atoms with Crippen molar-refractivity contribution in [1.29, 1.82) is 0 Å². The molecule has 3 nitrogen and oxygen atoms in total. The second-order valence-corrected chi connectivity index (χ2v) is 11.2. The number of hydrogen-bond donors (Lipinski definition) is 2. The molecule has 0 amide bonds. The summed E-state index contributed by atoms with van der Waals surface area (Å²) in [4.78, 5) is -0.115. The first-order valence-corrected chi connectivity index (χ1v) is 13.2. The van der Waals surface area contributed by atoms with Crippen molar-refractivity contribution >= 4 is 22.7 Å². The Bertz CT molecular complexity index is 1460. The van der Waals surface area contributed by atoms with Crippen LogP contribution < -0.4 is 0 Å². The van der Waals surface area contributed by atoms with Gasteiger partial charge < -0.3 is 0 Å². The van der Waals surface area contributed by atoms with E-state index in [1.807, 2.05) is 0 Å². The molecule has 1 N–H and O–H groups in total. The fraction of sp³-hybridized carbons (Fsp3) is 0.172. The van der Waals surface area contributed by atoms with Gasteiger partial charge in [-0.1, -0.05) is 99.6 Å². The summed E-state index contributed by atoms with van der Waals surface area (Å²) in [6, 6.07) is 28.9. The number of hydrogen-bond acceptors (Lipinski definition) is 3. The molecule has 0 aromatic heterocycles. The van der Waals surface area contributed by atoms with Crippen molar-refractivity contribution in [3.63, 3.8) is 0 Å². The summed E-state index contributed by atoms with van der Waals surface area (Å²) in [7, 11) is -4.84. The maximum Gasteiger partial charge on any atom is 0.417 e. The van der Waals surface area contributed by atoms with Gasteiger partial charge in [-0.15, -0.1) is 12.6 Å². The Morgan fingerprint density at radius 3 is 1.54 bits per heavy atom. The molecule has 0 radical (unpaired) electrons. The average Bonchev–Trinajstić information content (AvgIpc) is 2.83. The van der Waals surface area contributed by atoms with Gasteiger partial charge in [-0.3, -0.25) is 4.55 Å².